The molecule has 0 amide bonds. The van der Waals surface area contributed by atoms with Crippen LogP contribution in [0.1, 0.15) is 32.4 Å². The minimum Gasteiger partial charge on any atom is -0.435 e. The number of rotatable bonds is 11. The molecule has 0 aromatic heterocycles. The summed E-state index contributed by atoms with van der Waals surface area (Å²) in [6.45, 7) is 7.89. The number of hydrogen-bond acceptors (Lipinski definition) is 4. The second kappa shape index (κ2) is 12.4. The van der Waals surface area contributed by atoms with Crippen molar-refractivity contribution in [2.24, 2.45) is 4.99 Å². The number of hydrogen-bond donors (Lipinski definition) is 3. The van der Waals surface area contributed by atoms with Gasteiger partial charge in [0.15, 0.2) is 5.96 Å². The smallest absolute Gasteiger partial charge is 0.387 e. The monoisotopic (exact) mass is 372 g/mol. The number of alkyl halides is 2. The molecule has 8 heteroatoms. The Labute approximate surface area is 154 Å². The van der Waals surface area contributed by atoms with Gasteiger partial charge in [0.1, 0.15) is 5.75 Å². The van der Waals surface area contributed by atoms with Crippen molar-refractivity contribution >= 4 is 5.96 Å². The van der Waals surface area contributed by atoms with Gasteiger partial charge in [-0.1, -0.05) is 26.0 Å². The van der Waals surface area contributed by atoms with E-state index in [2.05, 4.69) is 39.1 Å². The minimum absolute atomic E-state index is 0.0610. The number of aliphatic imine (C=N–C) groups is 1. The molecule has 0 fully saturated rings. The van der Waals surface area contributed by atoms with Gasteiger partial charge in [0.25, 0.3) is 0 Å². The number of benzene rings is 1. The van der Waals surface area contributed by atoms with Crippen molar-refractivity contribution < 1.29 is 18.6 Å². The van der Waals surface area contributed by atoms with Gasteiger partial charge in [0.2, 0.25) is 0 Å². The number of guanidine groups is 1. The Morgan fingerprint density at radius 3 is 2.35 bits per heavy atom. The maximum absolute atomic E-state index is 12.2. The fraction of sp³-hybridized carbons (Fsp3) is 0.611. The zero-order valence-electron chi connectivity index (χ0n) is 15.7. The van der Waals surface area contributed by atoms with Crippen LogP contribution >= 0.6 is 0 Å². The van der Waals surface area contributed by atoms with E-state index in [1.165, 1.54) is 12.1 Å². The molecule has 0 radical (unpaired) electrons. The van der Waals surface area contributed by atoms with Crippen molar-refractivity contribution in [3.63, 3.8) is 0 Å². The van der Waals surface area contributed by atoms with E-state index in [1.807, 2.05) is 6.92 Å². The van der Waals surface area contributed by atoms with Crippen molar-refractivity contribution in [1.29, 1.82) is 0 Å². The summed E-state index contributed by atoms with van der Waals surface area (Å²) < 4.78 is 28.6. The number of aliphatic hydroxyl groups excluding tert-OH is 1. The van der Waals surface area contributed by atoms with Crippen LogP contribution in [0.2, 0.25) is 0 Å². The van der Waals surface area contributed by atoms with E-state index in [9.17, 15) is 13.9 Å². The highest BCUT2D eigenvalue weighted by atomic mass is 19.3. The molecule has 1 aromatic carbocycles. The third kappa shape index (κ3) is 8.44. The van der Waals surface area contributed by atoms with Gasteiger partial charge in [-0.2, -0.15) is 8.78 Å². The van der Waals surface area contributed by atoms with Crippen LogP contribution in [0.5, 0.6) is 5.75 Å². The maximum atomic E-state index is 12.2. The molecule has 0 spiro atoms. The molecule has 0 heterocycles. The van der Waals surface area contributed by atoms with Crippen LogP contribution in [0.25, 0.3) is 0 Å². The first-order valence-corrected chi connectivity index (χ1v) is 8.97. The number of ether oxygens (including phenoxy) is 1. The molecule has 0 bridgehead atoms. The first-order chi connectivity index (χ1) is 12.5. The molecule has 1 unspecified atom stereocenters. The van der Waals surface area contributed by atoms with E-state index in [0.29, 0.717) is 18.1 Å². The average Bonchev–Trinajstić information content (AvgIpc) is 2.63. The number of aliphatic hydroxyl groups is 1. The highest BCUT2D eigenvalue weighted by Crippen LogP contribution is 2.19. The summed E-state index contributed by atoms with van der Waals surface area (Å²) in [5.74, 6) is 0.696. The zero-order valence-corrected chi connectivity index (χ0v) is 15.7. The lowest BCUT2D eigenvalue weighted by Crippen LogP contribution is -2.41. The first kappa shape index (κ1) is 22.1. The van der Waals surface area contributed by atoms with Crippen LogP contribution in [0.4, 0.5) is 8.78 Å². The SMILES string of the molecule is CCNC(=NCC(O)c1ccc(OC(F)F)cc1)NCCN(CC)CC. The van der Waals surface area contributed by atoms with Gasteiger partial charge in [-0.3, -0.25) is 4.99 Å². The first-order valence-electron chi connectivity index (χ1n) is 8.97. The Morgan fingerprint density at radius 1 is 1.15 bits per heavy atom. The standard InChI is InChI=1S/C18H30F2N4O2/c1-4-21-18(22-11-12-24(5-2)6-3)23-13-16(25)14-7-9-15(10-8-14)26-17(19)20/h7-10,16-17,25H,4-6,11-13H2,1-3H3,(H2,21,22,23). The molecule has 0 saturated carbocycles. The van der Waals surface area contributed by atoms with Crippen molar-refractivity contribution in [2.45, 2.75) is 33.5 Å². The van der Waals surface area contributed by atoms with Crippen molar-refractivity contribution in [3.8, 4) is 5.75 Å². The Balaban J connectivity index is 2.56. The molecule has 0 saturated heterocycles. The van der Waals surface area contributed by atoms with E-state index >= 15 is 0 Å². The van der Waals surface area contributed by atoms with Crippen LogP contribution < -0.4 is 15.4 Å². The van der Waals surface area contributed by atoms with E-state index in [4.69, 9.17) is 0 Å². The molecule has 148 valence electrons. The predicted octanol–water partition coefficient (Wildman–Crippen LogP) is 2.22. The van der Waals surface area contributed by atoms with E-state index in [0.717, 1.165) is 26.2 Å². The molecule has 1 aromatic rings. The van der Waals surface area contributed by atoms with E-state index < -0.39 is 12.7 Å². The van der Waals surface area contributed by atoms with Gasteiger partial charge in [0.05, 0.1) is 12.6 Å². The topological polar surface area (TPSA) is 69.1 Å². The summed E-state index contributed by atoms with van der Waals surface area (Å²) >= 11 is 0. The molecular weight excluding hydrogens is 342 g/mol. The van der Waals surface area contributed by atoms with Crippen molar-refractivity contribution in [1.82, 2.24) is 15.5 Å². The average molecular weight is 372 g/mol. The van der Waals surface area contributed by atoms with Crippen LogP contribution in [0, 0.1) is 0 Å². The number of nitrogens with zero attached hydrogens (tertiary/aromatic N) is 2. The Kier molecular flexibility index (Phi) is 10.6. The Bertz CT molecular complexity index is 522. The molecular formula is C18H30F2N4O2. The number of nitrogens with one attached hydrogen (secondary N) is 2. The van der Waals surface area contributed by atoms with Gasteiger partial charge in [-0.25, -0.2) is 0 Å². The highest BCUT2D eigenvalue weighted by Gasteiger charge is 2.09. The van der Waals surface area contributed by atoms with E-state index in [1.54, 1.807) is 12.1 Å². The third-order valence-corrected chi connectivity index (χ3v) is 3.87. The summed E-state index contributed by atoms with van der Waals surface area (Å²) in [7, 11) is 0. The second-order valence-electron chi connectivity index (χ2n) is 5.64. The summed E-state index contributed by atoms with van der Waals surface area (Å²) in [6, 6.07) is 5.92. The quantitative estimate of drug-likeness (QED) is 0.410. The summed E-state index contributed by atoms with van der Waals surface area (Å²) in [4.78, 5) is 6.68. The number of halogens is 2. The van der Waals surface area contributed by atoms with E-state index in [-0.39, 0.29) is 12.3 Å². The Morgan fingerprint density at radius 2 is 1.81 bits per heavy atom. The highest BCUT2D eigenvalue weighted by molar-refractivity contribution is 5.79. The summed E-state index contributed by atoms with van der Waals surface area (Å²) in [5.41, 5.74) is 0.592. The van der Waals surface area contributed by atoms with Crippen molar-refractivity contribution in [3.05, 3.63) is 29.8 Å². The molecule has 26 heavy (non-hydrogen) atoms. The van der Waals surface area contributed by atoms with Gasteiger partial charge in [-0.15, -0.1) is 0 Å². The number of likely N-dealkylation sites (N-methyl/N-ethyl adjacent to an activating group) is 1. The lowest BCUT2D eigenvalue weighted by atomic mass is 10.1. The molecule has 6 nitrogen and oxygen atoms in total. The zero-order chi connectivity index (χ0) is 19.4. The fourth-order valence-corrected chi connectivity index (χ4v) is 2.37. The van der Waals surface area contributed by atoms with Gasteiger partial charge >= 0.3 is 6.61 Å². The van der Waals surface area contributed by atoms with Crippen LogP contribution in [0.15, 0.2) is 29.3 Å². The molecule has 0 aliphatic rings. The largest absolute Gasteiger partial charge is 0.435 e. The van der Waals surface area contributed by atoms with Crippen LogP contribution in [0.3, 0.4) is 0 Å². The molecule has 0 aliphatic carbocycles. The predicted molar refractivity (Wildman–Crippen MR) is 99.8 cm³/mol. The van der Waals surface area contributed by atoms with Crippen LogP contribution in [-0.4, -0.2) is 61.8 Å². The Hall–Kier alpha value is -1.93. The fourth-order valence-electron chi connectivity index (χ4n) is 2.37. The molecule has 3 N–H and O–H groups in total. The summed E-state index contributed by atoms with van der Waals surface area (Å²) in [6.07, 6.45) is -0.825. The lowest BCUT2D eigenvalue weighted by Gasteiger charge is -2.19. The van der Waals surface area contributed by atoms with Gasteiger partial charge < -0.3 is 25.4 Å². The van der Waals surface area contributed by atoms with Crippen LogP contribution in [-0.2, 0) is 0 Å². The van der Waals surface area contributed by atoms with Crippen molar-refractivity contribution in [2.75, 3.05) is 39.3 Å². The molecule has 1 rings (SSSR count). The maximum Gasteiger partial charge on any atom is 0.387 e. The third-order valence-electron chi connectivity index (χ3n) is 3.87. The molecule has 0 aliphatic heterocycles. The normalized spacial score (nSPS) is 13.2. The summed E-state index contributed by atoms with van der Waals surface area (Å²) in [5, 5.41) is 16.6. The van der Waals surface area contributed by atoms with Gasteiger partial charge in [-0.05, 0) is 37.7 Å². The molecule has 1 atom stereocenters. The lowest BCUT2D eigenvalue weighted by molar-refractivity contribution is -0.0498. The minimum atomic E-state index is -2.86. The van der Waals surface area contributed by atoms with Gasteiger partial charge in [0, 0.05) is 19.6 Å². The second-order valence-corrected chi connectivity index (χ2v) is 5.64.